The molecule has 3 rings (SSSR count). The van der Waals surface area contributed by atoms with Crippen molar-refractivity contribution in [3.63, 3.8) is 0 Å². The second-order valence-electron chi connectivity index (χ2n) is 7.36. The number of carboxylic acids is 1. The van der Waals surface area contributed by atoms with Crippen molar-refractivity contribution in [1.82, 2.24) is 4.90 Å². The summed E-state index contributed by atoms with van der Waals surface area (Å²) < 4.78 is 39.3. The Bertz CT molecular complexity index is 1120. The van der Waals surface area contributed by atoms with Gasteiger partial charge in [-0.05, 0) is 53.8 Å². The van der Waals surface area contributed by atoms with Crippen LogP contribution in [0.1, 0.15) is 36.8 Å². The number of amides is 1. The molecule has 0 bridgehead atoms. The Balaban J connectivity index is 1.72. The summed E-state index contributed by atoms with van der Waals surface area (Å²) in [5, 5.41) is 8.31. The molecule has 2 aromatic rings. The fraction of sp³-hybridized carbons (Fsp3) is 0.261. The van der Waals surface area contributed by atoms with Gasteiger partial charge in [0.2, 0.25) is 0 Å². The van der Waals surface area contributed by atoms with Crippen molar-refractivity contribution >= 4 is 57.9 Å². The molecule has 1 N–H and O–H groups in total. The van der Waals surface area contributed by atoms with Gasteiger partial charge in [-0.25, -0.2) is 0 Å². The zero-order valence-corrected chi connectivity index (χ0v) is 19.6. The normalized spacial score (nSPS) is 15.5. The van der Waals surface area contributed by atoms with Crippen LogP contribution in [0.5, 0.6) is 0 Å². The highest BCUT2D eigenvalue weighted by molar-refractivity contribution is 8.26. The molecule has 1 saturated heterocycles. The number of unbranched alkanes of at least 4 members (excludes halogenated alkanes) is 2. The summed E-state index contributed by atoms with van der Waals surface area (Å²) in [5.74, 6) is -1.06. The molecule has 0 saturated carbocycles. The Kier molecular flexibility index (Phi) is 8.20. The molecule has 1 heterocycles. The minimum atomic E-state index is -4.53. The fourth-order valence-corrected chi connectivity index (χ4v) is 4.90. The van der Waals surface area contributed by atoms with Gasteiger partial charge in [0.15, 0.2) is 0 Å². The summed E-state index contributed by atoms with van der Waals surface area (Å²) in [5.41, 5.74) is 0.992. The van der Waals surface area contributed by atoms with Gasteiger partial charge in [0, 0.05) is 13.0 Å². The molecule has 4 nitrogen and oxygen atoms in total. The number of carbonyl (C=O) groups is 2. The van der Waals surface area contributed by atoms with Crippen LogP contribution in [-0.4, -0.2) is 32.7 Å². The van der Waals surface area contributed by atoms with E-state index in [1.807, 2.05) is 0 Å². The molecule has 0 atom stereocenters. The molecular weight excluding hydrogens is 495 g/mol. The molecule has 1 amide bonds. The maximum absolute atomic E-state index is 13.0. The van der Waals surface area contributed by atoms with Crippen LogP contribution in [0.3, 0.4) is 0 Å². The van der Waals surface area contributed by atoms with Gasteiger partial charge in [-0.3, -0.25) is 14.5 Å². The van der Waals surface area contributed by atoms with E-state index >= 15 is 0 Å². The van der Waals surface area contributed by atoms with Crippen LogP contribution in [0.4, 0.5) is 13.2 Å². The minimum Gasteiger partial charge on any atom is -0.481 e. The molecule has 2 aromatic carbocycles. The van der Waals surface area contributed by atoms with Crippen LogP contribution in [0.25, 0.3) is 17.2 Å². The summed E-state index contributed by atoms with van der Waals surface area (Å²) >= 11 is 12.3. The van der Waals surface area contributed by atoms with E-state index in [0.29, 0.717) is 51.7 Å². The molecule has 1 aliphatic heterocycles. The van der Waals surface area contributed by atoms with Crippen molar-refractivity contribution in [3.8, 4) is 11.1 Å². The van der Waals surface area contributed by atoms with Gasteiger partial charge >= 0.3 is 12.1 Å². The molecule has 33 heavy (non-hydrogen) atoms. The van der Waals surface area contributed by atoms with Crippen molar-refractivity contribution < 1.29 is 27.9 Å². The first-order chi connectivity index (χ1) is 15.6. The lowest BCUT2D eigenvalue weighted by Gasteiger charge is -2.13. The Morgan fingerprint density at radius 1 is 1.12 bits per heavy atom. The third kappa shape index (κ3) is 6.59. The topological polar surface area (TPSA) is 57.6 Å². The zero-order chi connectivity index (χ0) is 24.2. The number of halogens is 4. The molecule has 0 aliphatic carbocycles. The Hall–Kier alpha value is -2.36. The van der Waals surface area contributed by atoms with E-state index < -0.39 is 17.7 Å². The lowest BCUT2D eigenvalue weighted by molar-refractivity contribution is -0.138. The summed E-state index contributed by atoms with van der Waals surface area (Å²) in [6.07, 6.45) is -0.863. The first-order valence-corrected chi connectivity index (χ1v) is 11.6. The number of rotatable bonds is 8. The maximum atomic E-state index is 13.0. The Morgan fingerprint density at radius 3 is 2.52 bits per heavy atom. The SMILES string of the molecule is O=C(O)CCCCCN1C(=O)/C(=C/c2cccc(-c3ccc(C(F)(F)F)c(Cl)c3)c2)SC1=S. The van der Waals surface area contributed by atoms with Crippen molar-refractivity contribution in [1.29, 1.82) is 0 Å². The largest absolute Gasteiger partial charge is 0.481 e. The molecule has 0 spiro atoms. The minimum absolute atomic E-state index is 0.0960. The number of hydrogen-bond donors (Lipinski definition) is 1. The third-order valence-corrected chi connectivity index (χ3v) is 6.63. The number of carbonyl (C=O) groups excluding carboxylic acids is 1. The van der Waals surface area contributed by atoms with Gasteiger partial charge in [0.1, 0.15) is 4.32 Å². The Labute approximate surface area is 203 Å². The number of carboxylic acid groups (broad SMARTS) is 1. The van der Waals surface area contributed by atoms with Gasteiger partial charge < -0.3 is 5.11 Å². The molecular formula is C23H19ClF3NO3S2. The highest BCUT2D eigenvalue weighted by Gasteiger charge is 2.33. The van der Waals surface area contributed by atoms with Crippen molar-refractivity contribution in [2.45, 2.75) is 31.9 Å². The second kappa shape index (κ2) is 10.7. The number of nitrogens with zero attached hydrogens (tertiary/aromatic N) is 1. The average Bonchev–Trinajstić information content (AvgIpc) is 2.99. The van der Waals surface area contributed by atoms with Crippen LogP contribution in [0, 0.1) is 0 Å². The molecule has 174 valence electrons. The number of alkyl halides is 3. The van der Waals surface area contributed by atoms with Gasteiger partial charge in [-0.15, -0.1) is 0 Å². The number of aliphatic carboxylic acids is 1. The molecule has 10 heteroatoms. The van der Waals surface area contributed by atoms with E-state index in [2.05, 4.69) is 0 Å². The third-order valence-electron chi connectivity index (χ3n) is 4.94. The van der Waals surface area contributed by atoms with Crippen LogP contribution in [0.15, 0.2) is 47.4 Å². The van der Waals surface area contributed by atoms with Gasteiger partial charge in [0.25, 0.3) is 5.91 Å². The van der Waals surface area contributed by atoms with Crippen molar-refractivity contribution in [2.75, 3.05) is 6.54 Å². The van der Waals surface area contributed by atoms with Crippen LogP contribution >= 0.6 is 35.6 Å². The van der Waals surface area contributed by atoms with Crippen molar-refractivity contribution in [2.24, 2.45) is 0 Å². The lowest BCUT2D eigenvalue weighted by atomic mass is 10.0. The van der Waals surface area contributed by atoms with Crippen LogP contribution in [-0.2, 0) is 15.8 Å². The summed E-state index contributed by atoms with van der Waals surface area (Å²) in [7, 11) is 0. The smallest absolute Gasteiger partial charge is 0.417 e. The number of thiocarbonyl (C=S) groups is 1. The lowest BCUT2D eigenvalue weighted by Crippen LogP contribution is -2.29. The second-order valence-corrected chi connectivity index (χ2v) is 9.44. The number of thioether (sulfide) groups is 1. The molecule has 1 fully saturated rings. The summed E-state index contributed by atoms with van der Waals surface area (Å²) in [4.78, 5) is 25.3. The average molecular weight is 514 g/mol. The van der Waals surface area contributed by atoms with E-state index in [1.165, 1.54) is 28.8 Å². The predicted molar refractivity (Wildman–Crippen MR) is 128 cm³/mol. The maximum Gasteiger partial charge on any atom is 0.417 e. The quantitative estimate of drug-likeness (QED) is 0.237. The van der Waals surface area contributed by atoms with Crippen molar-refractivity contribution in [3.05, 3.63) is 63.5 Å². The van der Waals surface area contributed by atoms with E-state index in [9.17, 15) is 22.8 Å². The molecule has 0 unspecified atom stereocenters. The van der Waals surface area contributed by atoms with Gasteiger partial charge in [0.05, 0.1) is 15.5 Å². The predicted octanol–water partition coefficient (Wildman–Crippen LogP) is 6.87. The molecule has 0 aromatic heterocycles. The standard InChI is InChI=1S/C23H19ClF3NO3S2/c24-18-13-16(8-9-17(18)23(25,26)27)15-6-4-5-14(11-15)12-19-21(31)28(22(32)33-19)10-3-1-2-7-20(29)30/h4-6,8-9,11-13H,1-3,7,10H2,(H,29,30)/b19-12-. The monoisotopic (exact) mass is 513 g/mol. The highest BCUT2D eigenvalue weighted by Crippen LogP contribution is 2.37. The first kappa shape index (κ1) is 25.3. The molecule has 1 aliphatic rings. The van der Waals surface area contributed by atoms with Gasteiger partial charge in [-0.1, -0.05) is 66.3 Å². The van der Waals surface area contributed by atoms with E-state index in [4.69, 9.17) is 28.9 Å². The Morgan fingerprint density at radius 2 is 1.85 bits per heavy atom. The molecule has 0 radical (unpaired) electrons. The van der Waals surface area contributed by atoms with E-state index in [1.54, 1.807) is 30.3 Å². The first-order valence-electron chi connectivity index (χ1n) is 10.0. The van der Waals surface area contributed by atoms with E-state index in [0.717, 1.165) is 6.07 Å². The fourth-order valence-electron chi connectivity index (χ4n) is 3.30. The summed E-state index contributed by atoms with van der Waals surface area (Å²) in [6, 6.07) is 10.6. The number of hydrogen-bond acceptors (Lipinski definition) is 4. The summed E-state index contributed by atoms with van der Waals surface area (Å²) in [6.45, 7) is 0.422. The van der Waals surface area contributed by atoms with Crippen LogP contribution < -0.4 is 0 Å². The van der Waals surface area contributed by atoms with E-state index in [-0.39, 0.29) is 17.4 Å². The zero-order valence-electron chi connectivity index (χ0n) is 17.2. The van der Waals surface area contributed by atoms with Gasteiger partial charge in [-0.2, -0.15) is 13.2 Å². The highest BCUT2D eigenvalue weighted by atomic mass is 35.5. The van der Waals surface area contributed by atoms with Crippen LogP contribution in [0.2, 0.25) is 5.02 Å². The number of benzene rings is 2.